The summed E-state index contributed by atoms with van der Waals surface area (Å²) in [4.78, 5) is 25.7. The number of benzene rings is 1. The molecule has 1 amide bonds. The summed E-state index contributed by atoms with van der Waals surface area (Å²) in [5, 5.41) is 8.57. The number of carbonyl (C=O) groups is 2. The van der Waals surface area contributed by atoms with Crippen molar-refractivity contribution in [2.24, 2.45) is 0 Å². The Morgan fingerprint density at radius 2 is 1.80 bits per heavy atom. The maximum Gasteiger partial charge on any atom is 0.328 e. The van der Waals surface area contributed by atoms with Gasteiger partial charge >= 0.3 is 5.97 Å². The summed E-state index contributed by atoms with van der Waals surface area (Å²) in [5.41, 5.74) is 1.75. The number of amides is 1. The molecule has 0 bridgehead atoms. The monoisotopic (exact) mass is 276 g/mol. The van der Waals surface area contributed by atoms with Gasteiger partial charge in [0.1, 0.15) is 0 Å². The van der Waals surface area contributed by atoms with E-state index < -0.39 is 5.97 Å². The highest BCUT2D eigenvalue weighted by molar-refractivity contribution is 5.85. The molecule has 0 heterocycles. The van der Waals surface area contributed by atoms with Gasteiger partial charge in [-0.2, -0.15) is 0 Å². The van der Waals surface area contributed by atoms with E-state index in [1.54, 1.807) is 19.0 Å². The van der Waals surface area contributed by atoms with Crippen LogP contribution in [0.3, 0.4) is 0 Å². The van der Waals surface area contributed by atoms with Gasteiger partial charge in [0.15, 0.2) is 0 Å². The number of hydrogen-bond donors (Lipinski definition) is 1. The van der Waals surface area contributed by atoms with Crippen LogP contribution in [0, 0.1) is 0 Å². The standard InChI is InChI=1S/C15H20N2O3/c1-4-17(11-14(18)16(2)3)13-8-5-12(6-9-13)7-10-15(19)20/h5-10H,4,11H2,1-3H3,(H,19,20). The molecule has 0 saturated carbocycles. The molecular formula is C15H20N2O3. The van der Waals surface area contributed by atoms with Crippen molar-refractivity contribution < 1.29 is 14.7 Å². The normalized spacial score (nSPS) is 10.6. The average Bonchev–Trinajstić information content (AvgIpc) is 2.42. The smallest absolute Gasteiger partial charge is 0.328 e. The number of carboxylic acid groups (broad SMARTS) is 1. The summed E-state index contributed by atoms with van der Waals surface area (Å²) >= 11 is 0. The first-order chi connectivity index (χ1) is 9.43. The number of carboxylic acids is 1. The predicted molar refractivity (Wildman–Crippen MR) is 79.7 cm³/mol. The van der Waals surface area contributed by atoms with Crippen LogP contribution in [0.4, 0.5) is 5.69 Å². The van der Waals surface area contributed by atoms with Crippen LogP contribution in [0.1, 0.15) is 12.5 Å². The van der Waals surface area contributed by atoms with Crippen molar-refractivity contribution in [1.82, 2.24) is 4.90 Å². The second kappa shape index (κ2) is 7.33. The third kappa shape index (κ3) is 4.76. The molecule has 0 aliphatic carbocycles. The molecule has 20 heavy (non-hydrogen) atoms. The van der Waals surface area contributed by atoms with E-state index in [1.165, 1.54) is 6.08 Å². The maximum absolute atomic E-state index is 11.7. The highest BCUT2D eigenvalue weighted by Crippen LogP contribution is 2.16. The van der Waals surface area contributed by atoms with Gasteiger partial charge in [-0.25, -0.2) is 4.79 Å². The van der Waals surface area contributed by atoms with Gasteiger partial charge in [0.25, 0.3) is 0 Å². The number of aliphatic carboxylic acids is 1. The molecule has 0 atom stereocenters. The van der Waals surface area contributed by atoms with Crippen LogP contribution in [-0.4, -0.2) is 49.1 Å². The zero-order chi connectivity index (χ0) is 15.1. The second-order valence-corrected chi connectivity index (χ2v) is 4.57. The molecule has 0 radical (unpaired) electrons. The number of carbonyl (C=O) groups excluding carboxylic acids is 1. The van der Waals surface area contributed by atoms with E-state index in [9.17, 15) is 9.59 Å². The van der Waals surface area contributed by atoms with Gasteiger partial charge in [-0.3, -0.25) is 4.79 Å². The largest absolute Gasteiger partial charge is 0.478 e. The Balaban J connectivity index is 2.79. The van der Waals surface area contributed by atoms with Crippen LogP contribution in [0.15, 0.2) is 30.3 Å². The summed E-state index contributed by atoms with van der Waals surface area (Å²) in [5.74, 6) is -0.928. The Labute approximate surface area is 119 Å². The Bertz CT molecular complexity index is 492. The Morgan fingerprint density at radius 1 is 1.20 bits per heavy atom. The minimum Gasteiger partial charge on any atom is -0.478 e. The number of hydrogen-bond acceptors (Lipinski definition) is 3. The van der Waals surface area contributed by atoms with Gasteiger partial charge in [0.2, 0.25) is 5.91 Å². The predicted octanol–water partition coefficient (Wildman–Crippen LogP) is 1.70. The van der Waals surface area contributed by atoms with E-state index in [0.29, 0.717) is 6.54 Å². The molecule has 1 aromatic rings. The van der Waals surface area contributed by atoms with Crippen molar-refractivity contribution in [2.45, 2.75) is 6.92 Å². The fraction of sp³-hybridized carbons (Fsp3) is 0.333. The van der Waals surface area contributed by atoms with Crippen LogP contribution in [0.5, 0.6) is 0 Å². The lowest BCUT2D eigenvalue weighted by Crippen LogP contribution is -2.36. The van der Waals surface area contributed by atoms with Crippen molar-refractivity contribution in [3.63, 3.8) is 0 Å². The molecule has 0 saturated heterocycles. The fourth-order valence-electron chi connectivity index (χ4n) is 1.65. The highest BCUT2D eigenvalue weighted by Gasteiger charge is 2.11. The molecule has 108 valence electrons. The van der Waals surface area contributed by atoms with E-state index in [1.807, 2.05) is 36.1 Å². The third-order valence-corrected chi connectivity index (χ3v) is 2.88. The fourth-order valence-corrected chi connectivity index (χ4v) is 1.65. The first-order valence-electron chi connectivity index (χ1n) is 6.40. The Hall–Kier alpha value is -2.30. The van der Waals surface area contributed by atoms with Crippen molar-refractivity contribution in [3.05, 3.63) is 35.9 Å². The minimum absolute atomic E-state index is 0.0432. The molecule has 0 unspecified atom stereocenters. The number of nitrogens with zero attached hydrogens (tertiary/aromatic N) is 2. The summed E-state index contributed by atoms with van der Waals surface area (Å²) < 4.78 is 0. The molecule has 0 aromatic heterocycles. The molecule has 5 heteroatoms. The van der Waals surface area contributed by atoms with Crippen molar-refractivity contribution in [1.29, 1.82) is 0 Å². The first-order valence-corrected chi connectivity index (χ1v) is 6.40. The topological polar surface area (TPSA) is 60.9 Å². The molecule has 0 aliphatic heterocycles. The van der Waals surface area contributed by atoms with Crippen LogP contribution < -0.4 is 4.90 Å². The number of likely N-dealkylation sites (N-methyl/N-ethyl adjacent to an activating group) is 2. The first kappa shape index (κ1) is 15.8. The highest BCUT2D eigenvalue weighted by atomic mass is 16.4. The average molecular weight is 276 g/mol. The molecule has 1 N–H and O–H groups in total. The zero-order valence-corrected chi connectivity index (χ0v) is 12.0. The second-order valence-electron chi connectivity index (χ2n) is 4.57. The van der Waals surface area contributed by atoms with E-state index in [-0.39, 0.29) is 5.91 Å². The molecule has 0 fully saturated rings. The van der Waals surface area contributed by atoms with Crippen molar-refractivity contribution in [2.75, 3.05) is 32.1 Å². The van der Waals surface area contributed by atoms with Crippen LogP contribution >= 0.6 is 0 Å². The quantitative estimate of drug-likeness (QED) is 0.803. The summed E-state index contributed by atoms with van der Waals surface area (Å²) in [6.45, 7) is 3.04. The van der Waals surface area contributed by atoms with Gasteiger partial charge in [-0.15, -0.1) is 0 Å². The van der Waals surface area contributed by atoms with Gasteiger partial charge in [0.05, 0.1) is 6.54 Å². The van der Waals surface area contributed by atoms with Gasteiger partial charge in [0, 0.05) is 32.4 Å². The van der Waals surface area contributed by atoms with E-state index in [2.05, 4.69) is 0 Å². The van der Waals surface area contributed by atoms with E-state index >= 15 is 0 Å². The van der Waals surface area contributed by atoms with Gasteiger partial charge in [-0.05, 0) is 30.7 Å². The van der Waals surface area contributed by atoms with Crippen LogP contribution in [0.25, 0.3) is 6.08 Å². The Kier molecular flexibility index (Phi) is 5.77. The summed E-state index contributed by atoms with van der Waals surface area (Å²) in [6, 6.07) is 7.43. The van der Waals surface area contributed by atoms with Crippen LogP contribution in [0.2, 0.25) is 0 Å². The molecule has 0 spiro atoms. The molecule has 1 rings (SSSR count). The lowest BCUT2D eigenvalue weighted by molar-refractivity contribution is -0.131. The molecule has 0 aliphatic rings. The third-order valence-electron chi connectivity index (χ3n) is 2.88. The number of rotatable bonds is 6. The lowest BCUT2D eigenvalue weighted by Gasteiger charge is -2.24. The lowest BCUT2D eigenvalue weighted by atomic mass is 10.2. The van der Waals surface area contributed by atoms with Crippen molar-refractivity contribution >= 4 is 23.6 Å². The maximum atomic E-state index is 11.7. The Morgan fingerprint density at radius 3 is 2.25 bits per heavy atom. The van der Waals surface area contributed by atoms with Crippen LogP contribution in [-0.2, 0) is 9.59 Å². The summed E-state index contributed by atoms with van der Waals surface area (Å²) in [6.07, 6.45) is 2.63. The zero-order valence-electron chi connectivity index (χ0n) is 12.0. The van der Waals surface area contributed by atoms with Gasteiger partial charge in [-0.1, -0.05) is 12.1 Å². The molecule has 5 nitrogen and oxygen atoms in total. The minimum atomic E-state index is -0.971. The molecule has 1 aromatic carbocycles. The number of anilines is 1. The van der Waals surface area contributed by atoms with Gasteiger partial charge < -0.3 is 14.9 Å². The molecular weight excluding hydrogens is 256 g/mol. The van der Waals surface area contributed by atoms with Crippen molar-refractivity contribution in [3.8, 4) is 0 Å². The summed E-state index contributed by atoms with van der Waals surface area (Å²) in [7, 11) is 3.46. The van der Waals surface area contributed by atoms with E-state index in [0.717, 1.165) is 23.9 Å². The SMILES string of the molecule is CCN(CC(=O)N(C)C)c1ccc(C=CC(=O)O)cc1. The van der Waals surface area contributed by atoms with E-state index in [4.69, 9.17) is 5.11 Å².